The fourth-order valence-corrected chi connectivity index (χ4v) is 3.72. The van der Waals surface area contributed by atoms with E-state index in [1.54, 1.807) is 12.7 Å². The molecule has 2 fully saturated rings. The van der Waals surface area contributed by atoms with E-state index in [4.69, 9.17) is 5.73 Å². The zero-order chi connectivity index (χ0) is 14.7. The third-order valence-electron chi connectivity index (χ3n) is 4.81. The average molecular weight is 291 g/mol. The lowest BCUT2D eigenvalue weighted by Crippen LogP contribution is -2.46. The van der Waals surface area contributed by atoms with E-state index in [9.17, 15) is 4.79 Å². The highest BCUT2D eigenvalue weighted by Crippen LogP contribution is 2.27. The van der Waals surface area contributed by atoms with E-state index in [0.29, 0.717) is 11.8 Å². The molecule has 0 unspecified atom stereocenters. The molecule has 1 saturated heterocycles. The maximum Gasteiger partial charge on any atom is 0.225 e. The van der Waals surface area contributed by atoms with Gasteiger partial charge in [0.15, 0.2) is 0 Å². The summed E-state index contributed by atoms with van der Waals surface area (Å²) < 4.78 is 1.87. The lowest BCUT2D eigenvalue weighted by Gasteiger charge is -2.36. The molecule has 2 heterocycles. The van der Waals surface area contributed by atoms with Crippen molar-refractivity contribution < 1.29 is 4.79 Å². The van der Waals surface area contributed by atoms with E-state index >= 15 is 0 Å². The first kappa shape index (κ1) is 14.5. The lowest BCUT2D eigenvalue weighted by atomic mass is 9.84. The standard InChI is InChI=1S/C15H25N5O/c16-14-5-1-4-13(7-14)15(21)19-6-2-3-12(8-19)9-20-11-17-10-18-20/h10-14H,1-9,16H2/t12-,13-,14+/m0/s1. The molecular weight excluding hydrogens is 266 g/mol. The van der Waals surface area contributed by atoms with Gasteiger partial charge >= 0.3 is 0 Å². The SMILES string of the molecule is N[C@@H]1CCC[C@H](C(=O)N2CCC[C@H](Cn3cncn3)C2)C1. The van der Waals surface area contributed by atoms with Crippen LogP contribution in [0.25, 0.3) is 0 Å². The van der Waals surface area contributed by atoms with Crippen molar-refractivity contribution in [3.8, 4) is 0 Å². The molecule has 21 heavy (non-hydrogen) atoms. The fourth-order valence-electron chi connectivity index (χ4n) is 3.72. The Morgan fingerprint density at radius 3 is 2.95 bits per heavy atom. The molecule has 1 aromatic heterocycles. The Kier molecular flexibility index (Phi) is 4.53. The van der Waals surface area contributed by atoms with Crippen LogP contribution in [0.3, 0.4) is 0 Å². The molecule has 6 nitrogen and oxygen atoms in total. The quantitative estimate of drug-likeness (QED) is 0.902. The predicted molar refractivity (Wildman–Crippen MR) is 79.3 cm³/mol. The molecule has 1 aliphatic carbocycles. The number of nitrogens with zero attached hydrogens (tertiary/aromatic N) is 4. The smallest absolute Gasteiger partial charge is 0.225 e. The number of nitrogens with two attached hydrogens (primary N) is 1. The van der Waals surface area contributed by atoms with Crippen molar-refractivity contribution in [3.63, 3.8) is 0 Å². The molecule has 1 aromatic rings. The molecule has 1 saturated carbocycles. The zero-order valence-corrected chi connectivity index (χ0v) is 12.5. The minimum Gasteiger partial charge on any atom is -0.342 e. The highest BCUT2D eigenvalue weighted by atomic mass is 16.2. The van der Waals surface area contributed by atoms with Crippen LogP contribution in [0.2, 0.25) is 0 Å². The first-order valence-electron chi connectivity index (χ1n) is 8.09. The van der Waals surface area contributed by atoms with E-state index in [1.165, 1.54) is 0 Å². The van der Waals surface area contributed by atoms with E-state index in [1.807, 2.05) is 4.68 Å². The fraction of sp³-hybridized carbons (Fsp3) is 0.800. The highest BCUT2D eigenvalue weighted by molar-refractivity contribution is 5.79. The van der Waals surface area contributed by atoms with Crippen molar-refractivity contribution >= 4 is 5.91 Å². The van der Waals surface area contributed by atoms with Gasteiger partial charge in [-0.2, -0.15) is 5.10 Å². The summed E-state index contributed by atoms with van der Waals surface area (Å²) >= 11 is 0. The van der Waals surface area contributed by atoms with Gasteiger partial charge in [0.2, 0.25) is 5.91 Å². The topological polar surface area (TPSA) is 77.0 Å². The first-order chi connectivity index (χ1) is 10.2. The second-order valence-corrected chi connectivity index (χ2v) is 6.53. The van der Waals surface area contributed by atoms with Crippen LogP contribution in [0.4, 0.5) is 0 Å². The zero-order valence-electron chi connectivity index (χ0n) is 12.5. The predicted octanol–water partition coefficient (Wildman–Crippen LogP) is 1.03. The molecule has 0 spiro atoms. The van der Waals surface area contributed by atoms with Gasteiger partial charge in [0.05, 0.1) is 0 Å². The van der Waals surface area contributed by atoms with Crippen LogP contribution < -0.4 is 5.73 Å². The number of carbonyl (C=O) groups excluding carboxylic acids is 1. The van der Waals surface area contributed by atoms with Gasteiger partial charge in [0, 0.05) is 31.6 Å². The number of piperidine rings is 1. The van der Waals surface area contributed by atoms with Gasteiger partial charge in [-0.1, -0.05) is 6.42 Å². The summed E-state index contributed by atoms with van der Waals surface area (Å²) in [6.07, 6.45) is 9.60. The van der Waals surface area contributed by atoms with E-state index in [-0.39, 0.29) is 12.0 Å². The van der Waals surface area contributed by atoms with Crippen molar-refractivity contribution in [2.75, 3.05) is 13.1 Å². The number of carbonyl (C=O) groups is 1. The molecular formula is C15H25N5O. The molecule has 1 aliphatic heterocycles. The summed E-state index contributed by atoms with van der Waals surface area (Å²) in [5, 5.41) is 4.17. The van der Waals surface area contributed by atoms with Gasteiger partial charge in [-0.25, -0.2) is 4.98 Å². The third-order valence-corrected chi connectivity index (χ3v) is 4.81. The van der Waals surface area contributed by atoms with Crippen LogP contribution >= 0.6 is 0 Å². The van der Waals surface area contributed by atoms with Gasteiger partial charge in [0.1, 0.15) is 12.7 Å². The Morgan fingerprint density at radius 1 is 1.29 bits per heavy atom. The maximum absolute atomic E-state index is 12.7. The molecule has 116 valence electrons. The van der Waals surface area contributed by atoms with E-state index < -0.39 is 0 Å². The Balaban J connectivity index is 1.56. The van der Waals surface area contributed by atoms with Crippen LogP contribution in [0.5, 0.6) is 0 Å². The Hall–Kier alpha value is -1.43. The third kappa shape index (κ3) is 3.61. The van der Waals surface area contributed by atoms with Gasteiger partial charge < -0.3 is 10.6 Å². The minimum absolute atomic E-state index is 0.152. The van der Waals surface area contributed by atoms with Crippen molar-refractivity contribution in [3.05, 3.63) is 12.7 Å². The monoisotopic (exact) mass is 291 g/mol. The lowest BCUT2D eigenvalue weighted by molar-refractivity contribution is -0.138. The molecule has 6 heteroatoms. The number of amides is 1. The maximum atomic E-state index is 12.7. The molecule has 1 amide bonds. The number of likely N-dealkylation sites (tertiary alicyclic amines) is 1. The Morgan fingerprint density at radius 2 is 2.19 bits per heavy atom. The average Bonchev–Trinajstić information content (AvgIpc) is 3.00. The Bertz CT molecular complexity index is 461. The van der Waals surface area contributed by atoms with Crippen molar-refractivity contribution in [1.29, 1.82) is 0 Å². The number of hydrogen-bond acceptors (Lipinski definition) is 4. The second kappa shape index (κ2) is 6.56. The van der Waals surface area contributed by atoms with Gasteiger partial charge in [-0.3, -0.25) is 9.48 Å². The Labute approximate surface area is 125 Å². The van der Waals surface area contributed by atoms with Gasteiger partial charge in [-0.05, 0) is 38.0 Å². The van der Waals surface area contributed by atoms with Crippen molar-refractivity contribution in [2.24, 2.45) is 17.6 Å². The van der Waals surface area contributed by atoms with Crippen LogP contribution in [-0.4, -0.2) is 44.7 Å². The molecule has 0 radical (unpaired) electrons. The number of aromatic nitrogens is 3. The van der Waals surface area contributed by atoms with E-state index in [0.717, 1.165) is 58.2 Å². The van der Waals surface area contributed by atoms with E-state index in [2.05, 4.69) is 15.0 Å². The molecule has 3 rings (SSSR count). The molecule has 2 N–H and O–H groups in total. The highest BCUT2D eigenvalue weighted by Gasteiger charge is 2.31. The first-order valence-corrected chi connectivity index (χ1v) is 8.09. The molecule has 2 aliphatic rings. The second-order valence-electron chi connectivity index (χ2n) is 6.53. The molecule has 0 bridgehead atoms. The summed E-state index contributed by atoms with van der Waals surface area (Å²) in [5.41, 5.74) is 6.02. The molecule has 0 aromatic carbocycles. The summed E-state index contributed by atoms with van der Waals surface area (Å²) in [6.45, 7) is 2.61. The summed E-state index contributed by atoms with van der Waals surface area (Å²) in [5.74, 6) is 0.967. The summed E-state index contributed by atoms with van der Waals surface area (Å²) in [4.78, 5) is 18.7. The largest absolute Gasteiger partial charge is 0.342 e. The van der Waals surface area contributed by atoms with Crippen LogP contribution in [-0.2, 0) is 11.3 Å². The number of hydrogen-bond donors (Lipinski definition) is 1. The van der Waals surface area contributed by atoms with Crippen LogP contribution in [0.1, 0.15) is 38.5 Å². The summed E-state index contributed by atoms with van der Waals surface area (Å²) in [6, 6.07) is 0.212. The number of rotatable bonds is 3. The van der Waals surface area contributed by atoms with Gasteiger partial charge in [-0.15, -0.1) is 0 Å². The van der Waals surface area contributed by atoms with Crippen molar-refractivity contribution in [2.45, 2.75) is 51.1 Å². The normalized spacial score (nSPS) is 30.3. The van der Waals surface area contributed by atoms with Crippen LogP contribution in [0.15, 0.2) is 12.7 Å². The van der Waals surface area contributed by atoms with Crippen LogP contribution in [0, 0.1) is 11.8 Å². The molecule has 3 atom stereocenters. The minimum atomic E-state index is 0.152. The van der Waals surface area contributed by atoms with Gasteiger partial charge in [0.25, 0.3) is 0 Å². The summed E-state index contributed by atoms with van der Waals surface area (Å²) in [7, 11) is 0. The van der Waals surface area contributed by atoms with Crippen molar-refractivity contribution in [1.82, 2.24) is 19.7 Å².